The fourth-order valence-electron chi connectivity index (χ4n) is 2.90. The van der Waals surface area contributed by atoms with Crippen molar-refractivity contribution in [2.24, 2.45) is 5.92 Å². The molecule has 7 heteroatoms. The average molecular weight is 368 g/mol. The second-order valence-corrected chi connectivity index (χ2v) is 6.23. The van der Waals surface area contributed by atoms with E-state index in [2.05, 4.69) is 5.32 Å². The summed E-state index contributed by atoms with van der Waals surface area (Å²) in [5.41, 5.74) is 1.30. The van der Waals surface area contributed by atoms with Crippen LogP contribution in [0.3, 0.4) is 0 Å². The van der Waals surface area contributed by atoms with E-state index in [4.69, 9.17) is 9.47 Å². The summed E-state index contributed by atoms with van der Waals surface area (Å²) in [6, 6.07) is 13.6. The van der Waals surface area contributed by atoms with Gasteiger partial charge in [0.2, 0.25) is 11.8 Å². The highest BCUT2D eigenvalue weighted by molar-refractivity contribution is 5.99. The van der Waals surface area contributed by atoms with E-state index in [1.165, 1.54) is 6.92 Å². The van der Waals surface area contributed by atoms with Crippen LogP contribution in [0.1, 0.15) is 13.3 Å². The molecule has 140 valence electrons. The molecule has 2 aromatic rings. The molecule has 0 spiro atoms. The van der Waals surface area contributed by atoms with Gasteiger partial charge in [0.05, 0.1) is 13.0 Å². The Labute approximate surface area is 156 Å². The number of carbonyl (C=O) groups is 3. The summed E-state index contributed by atoms with van der Waals surface area (Å²) in [7, 11) is 1.56. The van der Waals surface area contributed by atoms with Gasteiger partial charge in [-0.1, -0.05) is 6.07 Å². The molecule has 0 aliphatic carbocycles. The van der Waals surface area contributed by atoms with Gasteiger partial charge in [0.1, 0.15) is 11.5 Å². The molecule has 2 amide bonds. The first-order valence-corrected chi connectivity index (χ1v) is 8.50. The standard InChI is InChI=1S/C20H20N2O5/c1-13(23)21-15-6-8-17(9-7-15)27-20(25)14-10-19(24)22(12-14)16-4-3-5-18(11-16)26-2/h3-9,11,14H,10,12H2,1-2H3,(H,21,23)/t14-/m1/s1. The molecule has 1 aliphatic heterocycles. The fourth-order valence-corrected chi connectivity index (χ4v) is 2.90. The number of rotatable bonds is 5. The maximum Gasteiger partial charge on any atom is 0.316 e. The summed E-state index contributed by atoms with van der Waals surface area (Å²) < 4.78 is 10.6. The zero-order chi connectivity index (χ0) is 19.4. The summed E-state index contributed by atoms with van der Waals surface area (Å²) in [6.45, 7) is 1.67. The molecule has 7 nitrogen and oxygen atoms in total. The van der Waals surface area contributed by atoms with Crippen LogP contribution < -0.4 is 19.7 Å². The van der Waals surface area contributed by atoms with Crippen LogP contribution in [0.25, 0.3) is 0 Å². The monoisotopic (exact) mass is 368 g/mol. The van der Waals surface area contributed by atoms with E-state index in [1.54, 1.807) is 60.5 Å². The molecule has 3 rings (SSSR count). The predicted octanol–water partition coefficient (Wildman–Crippen LogP) is 2.61. The van der Waals surface area contributed by atoms with Crippen LogP contribution >= 0.6 is 0 Å². The normalized spacial score (nSPS) is 16.1. The molecule has 0 radical (unpaired) electrons. The van der Waals surface area contributed by atoms with Gasteiger partial charge in [-0.3, -0.25) is 14.4 Å². The Morgan fingerprint density at radius 2 is 1.85 bits per heavy atom. The van der Waals surface area contributed by atoms with Crippen LogP contribution in [0.5, 0.6) is 11.5 Å². The van der Waals surface area contributed by atoms with E-state index in [9.17, 15) is 14.4 Å². The third kappa shape index (κ3) is 4.44. The van der Waals surface area contributed by atoms with Crippen LogP contribution in [-0.4, -0.2) is 31.4 Å². The molecule has 0 aromatic heterocycles. The minimum absolute atomic E-state index is 0.0972. The van der Waals surface area contributed by atoms with Crippen molar-refractivity contribution in [1.82, 2.24) is 0 Å². The first-order valence-electron chi connectivity index (χ1n) is 8.50. The maximum atomic E-state index is 12.4. The van der Waals surface area contributed by atoms with E-state index in [0.29, 0.717) is 22.9 Å². The number of hydrogen-bond donors (Lipinski definition) is 1. The largest absolute Gasteiger partial charge is 0.497 e. The van der Waals surface area contributed by atoms with Crippen molar-refractivity contribution in [1.29, 1.82) is 0 Å². The smallest absolute Gasteiger partial charge is 0.316 e. The van der Waals surface area contributed by atoms with Gasteiger partial charge in [-0.2, -0.15) is 0 Å². The Hall–Kier alpha value is -3.35. The third-order valence-corrected chi connectivity index (χ3v) is 4.22. The van der Waals surface area contributed by atoms with Crippen molar-refractivity contribution < 1.29 is 23.9 Å². The highest BCUT2D eigenvalue weighted by Gasteiger charge is 2.36. The first kappa shape index (κ1) is 18.4. The molecule has 1 heterocycles. The molecule has 2 aromatic carbocycles. The Kier molecular flexibility index (Phi) is 5.40. The van der Waals surface area contributed by atoms with Crippen molar-refractivity contribution in [3.05, 3.63) is 48.5 Å². The quantitative estimate of drug-likeness (QED) is 0.648. The van der Waals surface area contributed by atoms with E-state index in [0.717, 1.165) is 0 Å². The minimum atomic E-state index is -0.543. The van der Waals surface area contributed by atoms with E-state index < -0.39 is 11.9 Å². The number of nitrogens with one attached hydrogen (secondary N) is 1. The van der Waals surface area contributed by atoms with E-state index in [1.807, 2.05) is 0 Å². The van der Waals surface area contributed by atoms with Gasteiger partial charge < -0.3 is 19.7 Å². The highest BCUT2D eigenvalue weighted by Crippen LogP contribution is 2.29. The summed E-state index contributed by atoms with van der Waals surface area (Å²) in [6.07, 6.45) is 0.0972. The van der Waals surface area contributed by atoms with Gasteiger partial charge >= 0.3 is 5.97 Å². The van der Waals surface area contributed by atoms with Gasteiger partial charge in [-0.15, -0.1) is 0 Å². The number of ether oxygens (including phenoxy) is 2. The minimum Gasteiger partial charge on any atom is -0.497 e. The SMILES string of the molecule is COc1cccc(N2C[C@H](C(=O)Oc3ccc(NC(C)=O)cc3)CC2=O)c1. The van der Waals surface area contributed by atoms with Gasteiger partial charge in [0.25, 0.3) is 0 Å². The molecule has 0 bridgehead atoms. The van der Waals surface area contributed by atoms with Gasteiger partial charge in [0, 0.05) is 37.3 Å². The molecule has 0 unspecified atom stereocenters. The van der Waals surface area contributed by atoms with Gasteiger partial charge in [-0.25, -0.2) is 0 Å². The predicted molar refractivity (Wildman–Crippen MR) is 99.8 cm³/mol. The number of hydrogen-bond acceptors (Lipinski definition) is 5. The number of amides is 2. The van der Waals surface area contributed by atoms with Gasteiger partial charge in [0.15, 0.2) is 0 Å². The fraction of sp³-hybridized carbons (Fsp3) is 0.250. The number of nitrogens with zero attached hydrogens (tertiary/aromatic N) is 1. The topological polar surface area (TPSA) is 84.9 Å². The van der Waals surface area contributed by atoms with E-state index in [-0.39, 0.29) is 24.8 Å². The molecule has 1 aliphatic rings. The summed E-state index contributed by atoms with van der Waals surface area (Å²) in [5.74, 6) is -0.306. The number of methoxy groups -OCH3 is 1. The lowest BCUT2D eigenvalue weighted by Gasteiger charge is -2.17. The number of anilines is 2. The second-order valence-electron chi connectivity index (χ2n) is 6.23. The van der Waals surface area contributed by atoms with Crippen LogP contribution in [0.4, 0.5) is 11.4 Å². The van der Waals surface area contributed by atoms with Crippen LogP contribution in [0.15, 0.2) is 48.5 Å². The maximum absolute atomic E-state index is 12.4. The lowest BCUT2D eigenvalue weighted by Crippen LogP contribution is -2.27. The third-order valence-electron chi connectivity index (χ3n) is 4.22. The summed E-state index contributed by atoms with van der Waals surface area (Å²) >= 11 is 0. The van der Waals surface area contributed by atoms with Crippen molar-refractivity contribution in [2.45, 2.75) is 13.3 Å². The number of benzene rings is 2. The molecule has 27 heavy (non-hydrogen) atoms. The van der Waals surface area contributed by atoms with Crippen molar-refractivity contribution in [3.63, 3.8) is 0 Å². The molecule has 1 atom stereocenters. The Morgan fingerprint density at radius 3 is 2.52 bits per heavy atom. The summed E-state index contributed by atoms with van der Waals surface area (Å²) in [5, 5.41) is 2.64. The Bertz CT molecular complexity index is 863. The number of carbonyl (C=O) groups excluding carboxylic acids is 3. The summed E-state index contributed by atoms with van der Waals surface area (Å²) in [4.78, 5) is 37.3. The highest BCUT2D eigenvalue weighted by atomic mass is 16.5. The lowest BCUT2D eigenvalue weighted by atomic mass is 10.1. The van der Waals surface area contributed by atoms with E-state index >= 15 is 0 Å². The zero-order valence-electron chi connectivity index (χ0n) is 15.1. The van der Waals surface area contributed by atoms with Crippen molar-refractivity contribution in [2.75, 3.05) is 23.9 Å². The molecule has 1 N–H and O–H groups in total. The second kappa shape index (κ2) is 7.90. The average Bonchev–Trinajstić information content (AvgIpc) is 3.05. The molecular formula is C20H20N2O5. The lowest BCUT2D eigenvalue weighted by molar-refractivity contribution is -0.139. The van der Waals surface area contributed by atoms with Crippen LogP contribution in [0.2, 0.25) is 0 Å². The Morgan fingerprint density at radius 1 is 1.11 bits per heavy atom. The van der Waals surface area contributed by atoms with Gasteiger partial charge in [-0.05, 0) is 36.4 Å². The molecule has 0 saturated carbocycles. The zero-order valence-corrected chi connectivity index (χ0v) is 15.1. The molecule has 1 fully saturated rings. The van der Waals surface area contributed by atoms with Crippen LogP contribution in [-0.2, 0) is 14.4 Å². The first-order chi connectivity index (χ1) is 13.0. The molecular weight excluding hydrogens is 348 g/mol. The Balaban J connectivity index is 1.64. The molecule has 1 saturated heterocycles. The van der Waals surface area contributed by atoms with Crippen molar-refractivity contribution >= 4 is 29.2 Å². The van der Waals surface area contributed by atoms with Crippen LogP contribution in [0, 0.1) is 5.92 Å². The van der Waals surface area contributed by atoms with Crippen molar-refractivity contribution in [3.8, 4) is 11.5 Å². The number of esters is 1.